The average molecular weight is 384 g/mol. The van der Waals surface area contributed by atoms with Gasteiger partial charge in [0.2, 0.25) is 0 Å². The highest BCUT2D eigenvalue weighted by molar-refractivity contribution is 6.31. The van der Waals surface area contributed by atoms with Crippen molar-refractivity contribution in [3.05, 3.63) is 51.5 Å². The minimum Gasteiger partial charge on any atom is -0.493 e. The van der Waals surface area contributed by atoms with Gasteiger partial charge in [0.05, 0.1) is 14.2 Å². The largest absolute Gasteiger partial charge is 0.493 e. The number of ether oxygens (including phenoxy) is 3. The number of hydrogen-bond acceptors (Lipinski definition) is 4. The number of benzene rings is 2. The van der Waals surface area contributed by atoms with Crippen LogP contribution in [0.5, 0.6) is 17.2 Å². The van der Waals surface area contributed by atoms with Gasteiger partial charge in [-0.3, -0.25) is 4.79 Å². The number of amides is 1. The highest BCUT2D eigenvalue weighted by atomic mass is 35.5. The molecule has 0 unspecified atom stereocenters. The first-order valence-electron chi connectivity index (χ1n) is 7.50. The van der Waals surface area contributed by atoms with Crippen molar-refractivity contribution >= 4 is 29.1 Å². The molecular formula is C18H19Cl2NO4. The van der Waals surface area contributed by atoms with Crippen LogP contribution in [0.3, 0.4) is 0 Å². The number of hydrogen-bond donors (Lipinski definition) is 1. The first-order chi connectivity index (χ1) is 11.9. The summed E-state index contributed by atoms with van der Waals surface area (Å²) in [6.45, 7) is 2.02. The lowest BCUT2D eigenvalue weighted by molar-refractivity contribution is -0.123. The Morgan fingerprint density at radius 1 is 1.04 bits per heavy atom. The highest BCUT2D eigenvalue weighted by Crippen LogP contribution is 2.33. The van der Waals surface area contributed by atoms with E-state index in [9.17, 15) is 4.79 Å². The van der Waals surface area contributed by atoms with E-state index in [0.29, 0.717) is 27.3 Å². The summed E-state index contributed by atoms with van der Waals surface area (Å²) in [5.74, 6) is 1.40. The Morgan fingerprint density at radius 3 is 2.36 bits per heavy atom. The second-order valence-electron chi connectivity index (χ2n) is 5.27. The van der Waals surface area contributed by atoms with Gasteiger partial charge in [-0.15, -0.1) is 0 Å². The molecule has 0 fully saturated rings. The maximum Gasteiger partial charge on any atom is 0.258 e. The molecule has 1 N–H and O–H groups in total. The first-order valence-corrected chi connectivity index (χ1v) is 8.26. The Kier molecular flexibility index (Phi) is 6.79. The number of carbonyl (C=O) groups is 1. The molecule has 1 amide bonds. The molecule has 0 aliphatic heterocycles. The monoisotopic (exact) mass is 383 g/mol. The molecule has 0 saturated heterocycles. The van der Waals surface area contributed by atoms with Crippen LogP contribution in [0, 0.1) is 6.92 Å². The van der Waals surface area contributed by atoms with E-state index < -0.39 is 0 Å². The van der Waals surface area contributed by atoms with Crippen LogP contribution >= 0.6 is 23.2 Å². The minimum atomic E-state index is -0.265. The van der Waals surface area contributed by atoms with E-state index in [1.54, 1.807) is 30.3 Å². The van der Waals surface area contributed by atoms with Gasteiger partial charge < -0.3 is 19.5 Å². The van der Waals surface area contributed by atoms with Crippen molar-refractivity contribution in [2.45, 2.75) is 13.5 Å². The van der Waals surface area contributed by atoms with Crippen LogP contribution in [0.4, 0.5) is 0 Å². The fraction of sp³-hybridized carbons (Fsp3) is 0.278. The Hall–Kier alpha value is -2.11. The molecule has 2 aromatic rings. The van der Waals surface area contributed by atoms with E-state index in [4.69, 9.17) is 37.4 Å². The molecule has 7 heteroatoms. The predicted octanol–water partition coefficient (Wildman–Crippen LogP) is 4.01. The lowest BCUT2D eigenvalue weighted by atomic mass is 10.2. The molecule has 0 spiro atoms. The van der Waals surface area contributed by atoms with Crippen molar-refractivity contribution in [2.75, 3.05) is 20.8 Å². The molecule has 0 aromatic heterocycles. The minimum absolute atomic E-state index is 0.105. The predicted molar refractivity (Wildman–Crippen MR) is 98.1 cm³/mol. The second kappa shape index (κ2) is 8.83. The van der Waals surface area contributed by atoms with Crippen LogP contribution in [0.15, 0.2) is 30.3 Å². The number of halogens is 2. The van der Waals surface area contributed by atoms with E-state index >= 15 is 0 Å². The lowest BCUT2D eigenvalue weighted by Gasteiger charge is -2.13. The quantitative estimate of drug-likeness (QED) is 0.784. The summed E-state index contributed by atoms with van der Waals surface area (Å²) in [6.07, 6.45) is 0. The topological polar surface area (TPSA) is 56.8 Å². The van der Waals surface area contributed by atoms with Gasteiger partial charge in [-0.25, -0.2) is 0 Å². The van der Waals surface area contributed by atoms with Crippen molar-refractivity contribution in [1.82, 2.24) is 5.32 Å². The zero-order chi connectivity index (χ0) is 18.4. The highest BCUT2D eigenvalue weighted by Gasteiger charge is 2.11. The van der Waals surface area contributed by atoms with Gasteiger partial charge in [0, 0.05) is 22.7 Å². The SMILES string of the molecule is COc1cc(Cl)c(CNC(=O)COc2ccc(Cl)c(C)c2)cc1OC. The molecule has 0 atom stereocenters. The summed E-state index contributed by atoms with van der Waals surface area (Å²) >= 11 is 12.2. The summed E-state index contributed by atoms with van der Waals surface area (Å²) in [6, 6.07) is 8.60. The van der Waals surface area contributed by atoms with E-state index in [1.807, 2.05) is 6.92 Å². The zero-order valence-electron chi connectivity index (χ0n) is 14.2. The summed E-state index contributed by atoms with van der Waals surface area (Å²) in [5, 5.41) is 3.89. The Bertz CT molecular complexity index is 765. The lowest BCUT2D eigenvalue weighted by Crippen LogP contribution is -2.28. The molecule has 2 rings (SSSR count). The van der Waals surface area contributed by atoms with Crippen molar-refractivity contribution in [2.24, 2.45) is 0 Å². The van der Waals surface area contributed by atoms with E-state index in [0.717, 1.165) is 11.1 Å². The molecule has 0 bridgehead atoms. The van der Waals surface area contributed by atoms with Crippen molar-refractivity contribution < 1.29 is 19.0 Å². The van der Waals surface area contributed by atoms with Gasteiger partial charge in [0.1, 0.15) is 5.75 Å². The molecular weight excluding hydrogens is 365 g/mol. The maximum atomic E-state index is 12.0. The third-order valence-corrected chi connectivity index (χ3v) is 4.30. The number of rotatable bonds is 7. The van der Waals surface area contributed by atoms with Gasteiger partial charge in [-0.1, -0.05) is 23.2 Å². The van der Waals surface area contributed by atoms with Crippen LogP contribution < -0.4 is 19.5 Å². The van der Waals surface area contributed by atoms with Crippen LogP contribution in [0.2, 0.25) is 10.0 Å². The molecule has 0 saturated carbocycles. The fourth-order valence-corrected chi connectivity index (χ4v) is 2.47. The van der Waals surface area contributed by atoms with Gasteiger partial charge in [-0.2, -0.15) is 0 Å². The molecule has 0 aliphatic carbocycles. The molecule has 2 aromatic carbocycles. The van der Waals surface area contributed by atoms with Crippen LogP contribution in [-0.4, -0.2) is 26.7 Å². The molecule has 5 nitrogen and oxygen atoms in total. The molecule has 25 heavy (non-hydrogen) atoms. The number of nitrogens with one attached hydrogen (secondary N) is 1. The third-order valence-electron chi connectivity index (χ3n) is 3.53. The van der Waals surface area contributed by atoms with Crippen molar-refractivity contribution in [1.29, 1.82) is 0 Å². The molecule has 0 heterocycles. The summed E-state index contributed by atoms with van der Waals surface area (Å²) in [4.78, 5) is 12.0. The third kappa shape index (κ3) is 5.18. The fourth-order valence-electron chi connectivity index (χ4n) is 2.13. The molecule has 0 aliphatic rings. The summed E-state index contributed by atoms with van der Waals surface area (Å²) < 4.78 is 15.9. The van der Waals surface area contributed by atoms with Gasteiger partial charge >= 0.3 is 0 Å². The van der Waals surface area contributed by atoms with E-state index in [1.165, 1.54) is 14.2 Å². The van der Waals surface area contributed by atoms with Crippen LogP contribution in [0.25, 0.3) is 0 Å². The normalized spacial score (nSPS) is 10.3. The number of carbonyl (C=O) groups excluding carboxylic acids is 1. The molecule has 134 valence electrons. The smallest absolute Gasteiger partial charge is 0.258 e. The van der Waals surface area contributed by atoms with Crippen LogP contribution in [-0.2, 0) is 11.3 Å². The standard InChI is InChI=1S/C18H19Cl2NO4/c1-11-6-13(4-5-14(11)19)25-10-18(22)21-9-12-7-16(23-2)17(24-3)8-15(12)20/h4-8H,9-10H2,1-3H3,(H,21,22). The Morgan fingerprint density at radius 2 is 1.72 bits per heavy atom. The van der Waals surface area contributed by atoms with Crippen LogP contribution in [0.1, 0.15) is 11.1 Å². The average Bonchev–Trinajstić information content (AvgIpc) is 2.61. The zero-order valence-corrected chi connectivity index (χ0v) is 15.7. The summed E-state index contributed by atoms with van der Waals surface area (Å²) in [5.41, 5.74) is 1.60. The Labute approximate surface area is 156 Å². The van der Waals surface area contributed by atoms with E-state index in [2.05, 4.69) is 5.32 Å². The van der Waals surface area contributed by atoms with E-state index in [-0.39, 0.29) is 19.1 Å². The maximum absolute atomic E-state index is 12.0. The number of aryl methyl sites for hydroxylation is 1. The van der Waals surface area contributed by atoms with Gasteiger partial charge in [0.25, 0.3) is 5.91 Å². The Balaban J connectivity index is 1.92. The van der Waals surface area contributed by atoms with Crippen molar-refractivity contribution in [3.63, 3.8) is 0 Å². The molecule has 0 radical (unpaired) electrons. The summed E-state index contributed by atoms with van der Waals surface area (Å²) in [7, 11) is 3.07. The second-order valence-corrected chi connectivity index (χ2v) is 6.09. The van der Waals surface area contributed by atoms with Gasteiger partial charge in [-0.05, 0) is 42.3 Å². The van der Waals surface area contributed by atoms with Gasteiger partial charge in [0.15, 0.2) is 18.1 Å². The van der Waals surface area contributed by atoms with Crippen molar-refractivity contribution in [3.8, 4) is 17.2 Å². The number of methoxy groups -OCH3 is 2. The first kappa shape index (κ1) is 19.2.